The van der Waals surface area contributed by atoms with Gasteiger partial charge in [-0.2, -0.15) is 0 Å². The van der Waals surface area contributed by atoms with Crippen molar-refractivity contribution in [3.63, 3.8) is 0 Å². The number of amides is 3. The van der Waals surface area contributed by atoms with Gasteiger partial charge in [-0.05, 0) is 30.5 Å². The molecule has 0 unspecified atom stereocenters. The summed E-state index contributed by atoms with van der Waals surface area (Å²) in [6.45, 7) is 0.563. The van der Waals surface area contributed by atoms with Crippen molar-refractivity contribution in [2.45, 2.75) is 38.3 Å². The van der Waals surface area contributed by atoms with Crippen molar-refractivity contribution in [3.05, 3.63) is 60.2 Å². The zero-order valence-corrected chi connectivity index (χ0v) is 15.6. The van der Waals surface area contributed by atoms with Crippen LogP contribution in [0.3, 0.4) is 0 Å². The SMILES string of the molecule is O=C1CN(C(=O)CCC(=O)N(Cc2ccccc2)C2CC2)c2ccccc2N1. The van der Waals surface area contributed by atoms with Crippen LogP contribution in [0, 0.1) is 0 Å². The fourth-order valence-corrected chi connectivity index (χ4v) is 3.54. The van der Waals surface area contributed by atoms with E-state index in [4.69, 9.17) is 0 Å². The minimum atomic E-state index is -0.220. The van der Waals surface area contributed by atoms with E-state index in [1.165, 1.54) is 4.90 Å². The molecule has 6 nitrogen and oxygen atoms in total. The molecule has 0 bridgehead atoms. The predicted molar refractivity (Wildman–Crippen MR) is 107 cm³/mol. The Morgan fingerprint density at radius 2 is 1.71 bits per heavy atom. The van der Waals surface area contributed by atoms with Crippen molar-refractivity contribution in [3.8, 4) is 0 Å². The van der Waals surface area contributed by atoms with Gasteiger partial charge in [0, 0.05) is 25.4 Å². The number of benzene rings is 2. The van der Waals surface area contributed by atoms with Crippen molar-refractivity contribution in [1.82, 2.24) is 4.90 Å². The van der Waals surface area contributed by atoms with E-state index < -0.39 is 0 Å². The van der Waals surface area contributed by atoms with E-state index >= 15 is 0 Å². The summed E-state index contributed by atoms with van der Waals surface area (Å²) in [4.78, 5) is 40.8. The molecular formula is C22H23N3O3. The average molecular weight is 377 g/mol. The summed E-state index contributed by atoms with van der Waals surface area (Å²) in [5.41, 5.74) is 2.40. The molecule has 1 fully saturated rings. The first-order valence-corrected chi connectivity index (χ1v) is 9.64. The Morgan fingerprint density at radius 3 is 2.46 bits per heavy atom. The zero-order chi connectivity index (χ0) is 19.5. The number of nitrogens with one attached hydrogen (secondary N) is 1. The van der Waals surface area contributed by atoms with Crippen molar-refractivity contribution in [1.29, 1.82) is 0 Å². The van der Waals surface area contributed by atoms with Gasteiger partial charge in [0.25, 0.3) is 0 Å². The summed E-state index contributed by atoms with van der Waals surface area (Å²) in [6.07, 6.45) is 2.29. The van der Waals surface area contributed by atoms with Crippen LogP contribution in [0.4, 0.5) is 11.4 Å². The summed E-state index contributed by atoms with van der Waals surface area (Å²) < 4.78 is 0. The van der Waals surface area contributed by atoms with Gasteiger partial charge in [0.05, 0.1) is 11.4 Å². The summed E-state index contributed by atoms with van der Waals surface area (Å²) in [7, 11) is 0. The lowest BCUT2D eigenvalue weighted by Gasteiger charge is -2.29. The van der Waals surface area contributed by atoms with Gasteiger partial charge in [0.15, 0.2) is 0 Å². The minimum Gasteiger partial charge on any atom is -0.335 e. The largest absolute Gasteiger partial charge is 0.335 e. The molecule has 2 aliphatic rings. The maximum Gasteiger partial charge on any atom is 0.244 e. The van der Waals surface area contributed by atoms with Crippen molar-refractivity contribution < 1.29 is 14.4 Å². The lowest BCUT2D eigenvalue weighted by Crippen LogP contribution is -2.42. The molecule has 1 heterocycles. The molecular weight excluding hydrogens is 354 g/mol. The van der Waals surface area contributed by atoms with E-state index in [9.17, 15) is 14.4 Å². The number of nitrogens with zero attached hydrogens (tertiary/aromatic N) is 2. The lowest BCUT2D eigenvalue weighted by molar-refractivity contribution is -0.134. The van der Waals surface area contributed by atoms with Crippen molar-refractivity contribution in [2.75, 3.05) is 16.8 Å². The van der Waals surface area contributed by atoms with E-state index in [-0.39, 0.29) is 43.1 Å². The highest BCUT2D eigenvalue weighted by molar-refractivity contribution is 6.10. The van der Waals surface area contributed by atoms with Crippen LogP contribution in [-0.4, -0.2) is 35.2 Å². The Labute approximate surface area is 164 Å². The number of para-hydroxylation sites is 2. The van der Waals surface area contributed by atoms with E-state index in [1.807, 2.05) is 47.4 Å². The first-order chi connectivity index (χ1) is 13.6. The maximum atomic E-state index is 12.8. The number of hydrogen-bond acceptors (Lipinski definition) is 3. The molecule has 144 valence electrons. The summed E-state index contributed by atoms with van der Waals surface area (Å²) >= 11 is 0. The van der Waals surface area contributed by atoms with Crippen LogP contribution >= 0.6 is 0 Å². The summed E-state index contributed by atoms with van der Waals surface area (Å²) in [5.74, 6) is -0.428. The second-order valence-electron chi connectivity index (χ2n) is 7.28. The topological polar surface area (TPSA) is 69.7 Å². The predicted octanol–water partition coefficient (Wildman–Crippen LogP) is 2.94. The second kappa shape index (κ2) is 7.84. The molecule has 1 saturated carbocycles. The third kappa shape index (κ3) is 4.06. The summed E-state index contributed by atoms with van der Waals surface area (Å²) in [5, 5.41) is 2.77. The van der Waals surface area contributed by atoms with Gasteiger partial charge in [-0.3, -0.25) is 14.4 Å². The average Bonchev–Trinajstić information content (AvgIpc) is 3.55. The Kier molecular flexibility index (Phi) is 5.10. The van der Waals surface area contributed by atoms with Crippen LogP contribution in [-0.2, 0) is 20.9 Å². The highest BCUT2D eigenvalue weighted by atomic mass is 16.2. The molecule has 0 saturated heterocycles. The number of carbonyl (C=O) groups excluding carboxylic acids is 3. The molecule has 2 aromatic carbocycles. The molecule has 3 amide bonds. The molecule has 1 N–H and O–H groups in total. The van der Waals surface area contributed by atoms with Crippen LogP contribution in [0.25, 0.3) is 0 Å². The standard InChI is InChI=1S/C22H23N3O3/c26-20-15-25(19-9-5-4-8-18(19)23-20)22(28)13-12-21(27)24(17-10-11-17)14-16-6-2-1-3-7-16/h1-9,17H,10-15H2,(H,23,26). The van der Waals surface area contributed by atoms with E-state index in [0.29, 0.717) is 17.9 Å². The Balaban J connectivity index is 1.40. The molecule has 1 aliphatic heterocycles. The Bertz CT molecular complexity index is 893. The fourth-order valence-electron chi connectivity index (χ4n) is 3.54. The normalized spacial score (nSPS) is 15.6. The number of rotatable bonds is 6. The summed E-state index contributed by atoms with van der Waals surface area (Å²) in [6, 6.07) is 17.4. The minimum absolute atomic E-state index is 0.00514. The molecule has 28 heavy (non-hydrogen) atoms. The number of carbonyl (C=O) groups is 3. The smallest absolute Gasteiger partial charge is 0.244 e. The third-order valence-corrected chi connectivity index (χ3v) is 5.13. The number of anilines is 2. The van der Waals surface area contributed by atoms with Gasteiger partial charge >= 0.3 is 0 Å². The van der Waals surface area contributed by atoms with E-state index in [0.717, 1.165) is 18.4 Å². The van der Waals surface area contributed by atoms with Gasteiger partial charge in [-0.25, -0.2) is 0 Å². The molecule has 6 heteroatoms. The highest BCUT2D eigenvalue weighted by Crippen LogP contribution is 2.31. The van der Waals surface area contributed by atoms with E-state index in [1.54, 1.807) is 12.1 Å². The number of fused-ring (bicyclic) bond motifs is 1. The van der Waals surface area contributed by atoms with Crippen LogP contribution in [0.5, 0.6) is 0 Å². The van der Waals surface area contributed by atoms with Gasteiger partial charge in [0.2, 0.25) is 17.7 Å². The van der Waals surface area contributed by atoms with Crippen LogP contribution < -0.4 is 10.2 Å². The molecule has 4 rings (SSSR count). The number of hydrogen-bond donors (Lipinski definition) is 1. The molecule has 1 aliphatic carbocycles. The Morgan fingerprint density at radius 1 is 1.00 bits per heavy atom. The van der Waals surface area contributed by atoms with Gasteiger partial charge in [0.1, 0.15) is 6.54 Å². The molecule has 2 aromatic rings. The Hall–Kier alpha value is -3.15. The molecule has 0 spiro atoms. The monoisotopic (exact) mass is 377 g/mol. The molecule has 0 aromatic heterocycles. The molecule has 0 atom stereocenters. The van der Waals surface area contributed by atoms with Gasteiger partial charge < -0.3 is 15.1 Å². The first kappa shape index (κ1) is 18.2. The van der Waals surface area contributed by atoms with Crippen molar-refractivity contribution >= 4 is 29.1 Å². The quantitative estimate of drug-likeness (QED) is 0.841. The third-order valence-electron chi connectivity index (χ3n) is 5.13. The lowest BCUT2D eigenvalue weighted by atomic mass is 10.1. The first-order valence-electron chi connectivity index (χ1n) is 9.64. The van der Waals surface area contributed by atoms with Crippen LogP contribution in [0.1, 0.15) is 31.2 Å². The van der Waals surface area contributed by atoms with E-state index in [2.05, 4.69) is 5.32 Å². The highest BCUT2D eigenvalue weighted by Gasteiger charge is 2.33. The van der Waals surface area contributed by atoms with Gasteiger partial charge in [-0.1, -0.05) is 42.5 Å². The van der Waals surface area contributed by atoms with Crippen LogP contribution in [0.15, 0.2) is 54.6 Å². The second-order valence-corrected chi connectivity index (χ2v) is 7.28. The van der Waals surface area contributed by atoms with Crippen LogP contribution in [0.2, 0.25) is 0 Å². The van der Waals surface area contributed by atoms with Gasteiger partial charge in [-0.15, -0.1) is 0 Å². The fraction of sp³-hybridized carbons (Fsp3) is 0.318. The maximum absolute atomic E-state index is 12.8. The van der Waals surface area contributed by atoms with Crippen molar-refractivity contribution in [2.24, 2.45) is 0 Å². The zero-order valence-electron chi connectivity index (χ0n) is 15.6. The molecule has 0 radical (unpaired) electrons.